The fourth-order valence-corrected chi connectivity index (χ4v) is 2.50. The summed E-state index contributed by atoms with van der Waals surface area (Å²) in [6.45, 7) is 0. The van der Waals surface area contributed by atoms with E-state index in [0.717, 1.165) is 0 Å². The van der Waals surface area contributed by atoms with Crippen molar-refractivity contribution in [1.29, 1.82) is 0 Å². The standard InChI is InChI=1S/C9H9ClF3NO2S/c10-2-1-3-17(15,16)14-8-5-6(11)4-7(12)9(8)13/h4-5,14H,1-3H2. The lowest BCUT2D eigenvalue weighted by atomic mass is 10.3. The second-order valence-corrected chi connectivity index (χ2v) is 5.43. The normalized spacial score (nSPS) is 11.5. The van der Waals surface area contributed by atoms with Gasteiger partial charge in [0.25, 0.3) is 0 Å². The van der Waals surface area contributed by atoms with Gasteiger partial charge in [0.05, 0.1) is 11.4 Å². The molecule has 3 nitrogen and oxygen atoms in total. The van der Waals surface area contributed by atoms with E-state index in [1.54, 1.807) is 4.72 Å². The maximum Gasteiger partial charge on any atom is 0.232 e. The summed E-state index contributed by atoms with van der Waals surface area (Å²) in [6, 6.07) is 0.891. The molecule has 0 heterocycles. The molecule has 1 aromatic carbocycles. The summed E-state index contributed by atoms with van der Waals surface area (Å²) < 4.78 is 63.2. The van der Waals surface area contributed by atoms with Gasteiger partial charge in [-0.2, -0.15) is 0 Å². The van der Waals surface area contributed by atoms with E-state index < -0.39 is 33.2 Å². The molecule has 1 N–H and O–H groups in total. The number of sulfonamides is 1. The highest BCUT2D eigenvalue weighted by atomic mass is 35.5. The molecule has 8 heteroatoms. The van der Waals surface area contributed by atoms with Crippen LogP contribution < -0.4 is 4.72 Å². The first-order valence-corrected chi connectivity index (χ1v) is 6.75. The highest BCUT2D eigenvalue weighted by Crippen LogP contribution is 2.20. The summed E-state index contributed by atoms with van der Waals surface area (Å²) in [5.41, 5.74) is -0.753. The van der Waals surface area contributed by atoms with Crippen LogP contribution in [0.4, 0.5) is 18.9 Å². The maximum atomic E-state index is 13.1. The topological polar surface area (TPSA) is 46.2 Å². The van der Waals surface area contributed by atoms with Gasteiger partial charge < -0.3 is 0 Å². The Morgan fingerprint density at radius 3 is 2.47 bits per heavy atom. The van der Waals surface area contributed by atoms with Crippen molar-refractivity contribution in [3.8, 4) is 0 Å². The Morgan fingerprint density at radius 1 is 1.24 bits per heavy atom. The molecule has 96 valence electrons. The molecule has 0 fully saturated rings. The van der Waals surface area contributed by atoms with Gasteiger partial charge in [0.2, 0.25) is 10.0 Å². The number of rotatable bonds is 5. The molecule has 0 aliphatic heterocycles. The zero-order valence-electron chi connectivity index (χ0n) is 8.51. The van der Waals surface area contributed by atoms with Crippen LogP contribution in [0.2, 0.25) is 0 Å². The number of benzene rings is 1. The zero-order valence-corrected chi connectivity index (χ0v) is 10.1. The van der Waals surface area contributed by atoms with Gasteiger partial charge in [-0.1, -0.05) is 0 Å². The van der Waals surface area contributed by atoms with E-state index in [0.29, 0.717) is 12.1 Å². The summed E-state index contributed by atoms with van der Waals surface area (Å²) in [6.07, 6.45) is 0.149. The molecule has 0 spiro atoms. The van der Waals surface area contributed by atoms with Crippen LogP contribution in [0, 0.1) is 17.5 Å². The Hall–Kier alpha value is -0.950. The van der Waals surface area contributed by atoms with Crippen molar-refractivity contribution in [2.45, 2.75) is 6.42 Å². The molecule has 1 aromatic rings. The van der Waals surface area contributed by atoms with Crippen molar-refractivity contribution >= 4 is 27.3 Å². The van der Waals surface area contributed by atoms with Crippen LogP contribution in [0.5, 0.6) is 0 Å². The predicted octanol–water partition coefficient (Wildman–Crippen LogP) is 2.47. The van der Waals surface area contributed by atoms with Crippen LogP contribution in [-0.2, 0) is 10.0 Å². The molecule has 0 saturated carbocycles. The lowest BCUT2D eigenvalue weighted by Gasteiger charge is -2.08. The van der Waals surface area contributed by atoms with Gasteiger partial charge in [-0.15, -0.1) is 11.6 Å². The number of anilines is 1. The van der Waals surface area contributed by atoms with Gasteiger partial charge in [0, 0.05) is 18.0 Å². The second-order valence-electron chi connectivity index (χ2n) is 3.21. The third-order valence-corrected chi connectivity index (χ3v) is 3.43. The number of hydrogen-bond donors (Lipinski definition) is 1. The minimum absolute atomic E-state index is 0.112. The molecule has 0 aliphatic carbocycles. The van der Waals surface area contributed by atoms with E-state index in [-0.39, 0.29) is 18.1 Å². The maximum absolute atomic E-state index is 13.1. The Balaban J connectivity index is 2.95. The summed E-state index contributed by atoms with van der Waals surface area (Å²) >= 11 is 5.31. The summed E-state index contributed by atoms with van der Waals surface area (Å²) in [5, 5.41) is 0. The van der Waals surface area contributed by atoms with Crippen LogP contribution in [0.25, 0.3) is 0 Å². The Morgan fingerprint density at radius 2 is 1.88 bits per heavy atom. The largest absolute Gasteiger partial charge is 0.280 e. The van der Waals surface area contributed by atoms with Crippen molar-refractivity contribution in [2.75, 3.05) is 16.4 Å². The number of nitrogens with one attached hydrogen (secondary N) is 1. The van der Waals surface area contributed by atoms with E-state index in [1.165, 1.54) is 0 Å². The van der Waals surface area contributed by atoms with Crippen LogP contribution >= 0.6 is 11.6 Å². The second kappa shape index (κ2) is 5.59. The van der Waals surface area contributed by atoms with Crippen LogP contribution in [-0.4, -0.2) is 20.1 Å². The Labute approximate surface area is 102 Å². The van der Waals surface area contributed by atoms with E-state index in [1.807, 2.05) is 0 Å². The molecule has 0 aromatic heterocycles. The quantitative estimate of drug-likeness (QED) is 0.668. The average molecular weight is 288 g/mol. The average Bonchev–Trinajstić information content (AvgIpc) is 2.22. The highest BCUT2D eigenvalue weighted by Gasteiger charge is 2.16. The molecule has 17 heavy (non-hydrogen) atoms. The van der Waals surface area contributed by atoms with Crippen molar-refractivity contribution < 1.29 is 21.6 Å². The molecular formula is C9H9ClF3NO2S. The van der Waals surface area contributed by atoms with Crippen LogP contribution in [0.15, 0.2) is 12.1 Å². The SMILES string of the molecule is O=S(=O)(CCCCl)Nc1cc(F)cc(F)c1F. The molecule has 0 atom stereocenters. The number of hydrogen-bond acceptors (Lipinski definition) is 2. The van der Waals surface area contributed by atoms with Crippen molar-refractivity contribution in [1.82, 2.24) is 0 Å². The lowest BCUT2D eigenvalue weighted by Crippen LogP contribution is -2.18. The van der Waals surface area contributed by atoms with Crippen molar-refractivity contribution in [3.63, 3.8) is 0 Å². The highest BCUT2D eigenvalue weighted by molar-refractivity contribution is 7.92. The first-order chi connectivity index (χ1) is 7.85. The van der Waals surface area contributed by atoms with Gasteiger partial charge in [0.1, 0.15) is 5.82 Å². The fraction of sp³-hybridized carbons (Fsp3) is 0.333. The van der Waals surface area contributed by atoms with Gasteiger partial charge in [-0.3, -0.25) is 4.72 Å². The molecule has 0 radical (unpaired) electrons. The third-order valence-electron chi connectivity index (χ3n) is 1.81. The minimum atomic E-state index is -3.86. The third kappa shape index (κ3) is 4.08. The zero-order chi connectivity index (χ0) is 13.1. The summed E-state index contributed by atoms with van der Waals surface area (Å²) in [5.74, 6) is -4.21. The first-order valence-electron chi connectivity index (χ1n) is 4.57. The van der Waals surface area contributed by atoms with Crippen LogP contribution in [0.1, 0.15) is 6.42 Å². The fourth-order valence-electron chi connectivity index (χ4n) is 1.09. The molecule has 0 aliphatic rings. The smallest absolute Gasteiger partial charge is 0.232 e. The van der Waals surface area contributed by atoms with Crippen LogP contribution in [0.3, 0.4) is 0 Å². The van der Waals surface area contributed by atoms with Crippen molar-refractivity contribution in [2.24, 2.45) is 0 Å². The summed E-state index contributed by atoms with van der Waals surface area (Å²) in [7, 11) is -3.86. The lowest BCUT2D eigenvalue weighted by molar-refractivity contribution is 0.498. The first kappa shape index (κ1) is 14.1. The molecule has 0 amide bonds. The van der Waals surface area contributed by atoms with E-state index >= 15 is 0 Å². The molecular weight excluding hydrogens is 279 g/mol. The Bertz CT molecular complexity index is 507. The summed E-state index contributed by atoms with van der Waals surface area (Å²) in [4.78, 5) is 0. The van der Waals surface area contributed by atoms with Crippen molar-refractivity contribution in [3.05, 3.63) is 29.6 Å². The molecule has 0 saturated heterocycles. The number of alkyl halides is 1. The van der Waals surface area contributed by atoms with E-state index in [9.17, 15) is 21.6 Å². The minimum Gasteiger partial charge on any atom is -0.280 e. The number of halogens is 4. The predicted molar refractivity (Wildman–Crippen MR) is 59.1 cm³/mol. The van der Waals surface area contributed by atoms with Gasteiger partial charge in [0.15, 0.2) is 11.6 Å². The monoisotopic (exact) mass is 287 g/mol. The van der Waals surface area contributed by atoms with E-state index in [4.69, 9.17) is 11.6 Å². The van der Waals surface area contributed by atoms with Gasteiger partial charge in [-0.05, 0) is 6.42 Å². The molecule has 0 unspecified atom stereocenters. The Kier molecular flexibility index (Phi) is 4.64. The van der Waals surface area contributed by atoms with Gasteiger partial charge in [-0.25, -0.2) is 21.6 Å². The van der Waals surface area contributed by atoms with E-state index in [2.05, 4.69) is 0 Å². The molecule has 1 rings (SSSR count). The van der Waals surface area contributed by atoms with Gasteiger partial charge >= 0.3 is 0 Å². The molecule has 0 bridgehead atoms.